The van der Waals surface area contributed by atoms with Crippen LogP contribution in [0.4, 0.5) is 17.1 Å². The Morgan fingerprint density at radius 1 is 1.22 bits per heavy atom. The van der Waals surface area contributed by atoms with E-state index in [2.05, 4.69) is 26.7 Å². The summed E-state index contributed by atoms with van der Waals surface area (Å²) < 4.78 is 11.7. The van der Waals surface area contributed by atoms with Crippen molar-refractivity contribution in [3.05, 3.63) is 47.1 Å². The Hall–Kier alpha value is -3.58. The molecule has 2 unspecified atom stereocenters. The molecule has 0 saturated carbocycles. The van der Waals surface area contributed by atoms with E-state index >= 15 is 0 Å². The van der Waals surface area contributed by atoms with Crippen LogP contribution in [-0.2, 0) is 4.79 Å². The molecule has 216 valence electrons. The topological polar surface area (TPSA) is 112 Å². The number of alkyl halides is 1. The highest BCUT2D eigenvalue weighted by Gasteiger charge is 2.22. The largest absolute Gasteiger partial charge is 0.492 e. The number of rotatable bonds is 12. The minimum atomic E-state index is -0.120. The van der Waals surface area contributed by atoms with E-state index in [0.29, 0.717) is 69.7 Å². The molecule has 2 aromatic carbocycles. The fourth-order valence-electron chi connectivity index (χ4n) is 4.47. The van der Waals surface area contributed by atoms with Gasteiger partial charge in [-0.05, 0) is 77.3 Å². The molecule has 2 N–H and O–H groups in total. The molecule has 1 aliphatic rings. The zero-order valence-corrected chi connectivity index (χ0v) is 24.9. The summed E-state index contributed by atoms with van der Waals surface area (Å²) in [6, 6.07) is 10.9. The highest BCUT2D eigenvalue weighted by molar-refractivity contribution is 6.32. The number of hydrogen-bond acceptors (Lipinski definition) is 8. The van der Waals surface area contributed by atoms with Gasteiger partial charge in [-0.15, -0.1) is 11.6 Å². The molecular weight excluding hydrogens is 563 g/mol. The van der Waals surface area contributed by atoms with Crippen LogP contribution < -0.4 is 20.1 Å². The van der Waals surface area contributed by atoms with Crippen LogP contribution in [0.25, 0.3) is 10.9 Å². The number of anilines is 3. The van der Waals surface area contributed by atoms with Crippen LogP contribution in [0.5, 0.6) is 11.5 Å². The molecule has 0 radical (unpaired) electrons. The highest BCUT2D eigenvalue weighted by atomic mass is 35.5. The normalized spacial score (nSPS) is 16.4. The van der Waals surface area contributed by atoms with E-state index in [1.807, 2.05) is 38.2 Å². The van der Waals surface area contributed by atoms with Crippen molar-refractivity contribution in [1.29, 1.82) is 5.26 Å². The van der Waals surface area contributed by atoms with E-state index in [4.69, 9.17) is 32.7 Å². The van der Waals surface area contributed by atoms with Crippen LogP contribution in [0.2, 0.25) is 5.02 Å². The lowest BCUT2D eigenvalue weighted by Crippen LogP contribution is -2.29. The third-order valence-electron chi connectivity index (χ3n) is 6.57. The summed E-state index contributed by atoms with van der Waals surface area (Å²) in [6.07, 6.45) is 6.22. The maximum Gasteiger partial charge on any atom is 0.224 e. The number of aromatic nitrogens is 1. The molecule has 0 spiro atoms. The summed E-state index contributed by atoms with van der Waals surface area (Å²) in [5.41, 5.74) is 2.65. The van der Waals surface area contributed by atoms with Crippen molar-refractivity contribution in [1.82, 2.24) is 9.88 Å². The number of nitriles is 1. The molecule has 11 heteroatoms. The van der Waals surface area contributed by atoms with E-state index < -0.39 is 0 Å². The van der Waals surface area contributed by atoms with Gasteiger partial charge in [-0.1, -0.05) is 11.6 Å². The zero-order valence-electron chi connectivity index (χ0n) is 23.4. The number of nitrogens with zero attached hydrogens (tertiary/aromatic N) is 4. The zero-order chi connectivity index (χ0) is 29.4. The van der Waals surface area contributed by atoms with Gasteiger partial charge in [0.25, 0.3) is 0 Å². The first-order valence-corrected chi connectivity index (χ1v) is 14.4. The van der Waals surface area contributed by atoms with Gasteiger partial charge < -0.3 is 25.0 Å². The Labute approximate surface area is 250 Å². The van der Waals surface area contributed by atoms with Gasteiger partial charge in [0.05, 0.1) is 45.5 Å². The van der Waals surface area contributed by atoms with Crippen molar-refractivity contribution in [2.75, 3.05) is 44.5 Å². The molecule has 3 aromatic rings. The van der Waals surface area contributed by atoms with Crippen LogP contribution in [-0.4, -0.2) is 67.3 Å². The highest BCUT2D eigenvalue weighted by Crippen LogP contribution is 2.37. The lowest BCUT2D eigenvalue weighted by Gasteiger charge is -2.22. The van der Waals surface area contributed by atoms with Gasteiger partial charge in [-0.25, -0.2) is 0 Å². The summed E-state index contributed by atoms with van der Waals surface area (Å²) in [5, 5.41) is 17.1. The Balaban J connectivity index is 1.60. The van der Waals surface area contributed by atoms with Crippen LogP contribution in [0, 0.1) is 11.3 Å². The predicted molar refractivity (Wildman–Crippen MR) is 165 cm³/mol. The van der Waals surface area contributed by atoms with E-state index in [1.54, 1.807) is 24.3 Å². The molecule has 0 fully saturated rings. The summed E-state index contributed by atoms with van der Waals surface area (Å²) in [7, 11) is 3.94. The van der Waals surface area contributed by atoms with Crippen molar-refractivity contribution >= 4 is 63.3 Å². The van der Waals surface area contributed by atoms with E-state index in [-0.39, 0.29) is 17.3 Å². The van der Waals surface area contributed by atoms with Crippen LogP contribution in [0.1, 0.15) is 38.2 Å². The molecule has 1 aliphatic heterocycles. The van der Waals surface area contributed by atoms with Crippen molar-refractivity contribution in [3.63, 3.8) is 0 Å². The minimum Gasteiger partial charge on any atom is -0.492 e. The summed E-state index contributed by atoms with van der Waals surface area (Å²) >= 11 is 12.9. The maximum absolute atomic E-state index is 12.7. The Bertz CT molecular complexity index is 1460. The first-order valence-electron chi connectivity index (χ1n) is 13.6. The summed E-state index contributed by atoms with van der Waals surface area (Å²) in [6.45, 7) is 3.43. The number of ether oxygens (including phenoxy) is 2. The van der Waals surface area contributed by atoms with Crippen molar-refractivity contribution in [2.24, 2.45) is 4.99 Å². The SMILES string of the molecule is CCOc1cc2ncc(C#N)c(Nc3ccc(OCC4N=CCCC4Cl)c(Cl)c3)c2cc1NC(=O)CCCN(C)C. The summed E-state index contributed by atoms with van der Waals surface area (Å²) in [5.74, 6) is 0.908. The first-order chi connectivity index (χ1) is 19.8. The standard InChI is InChI=1S/C30H34Cl2N6O3/c1-4-40-28-15-24-21(14-25(28)37-29(39)8-6-12-38(2)3)30(19(16-33)17-35-24)36-20-9-10-27(23(32)13-20)41-18-26-22(31)7-5-11-34-26/h9-11,13-15,17,22,26H,4-8,12,18H2,1-3H3,(H,35,36)(H,37,39). The molecule has 0 bridgehead atoms. The number of pyridine rings is 1. The van der Waals surface area contributed by atoms with E-state index in [9.17, 15) is 10.1 Å². The molecule has 1 amide bonds. The van der Waals surface area contributed by atoms with E-state index in [1.165, 1.54) is 6.20 Å². The van der Waals surface area contributed by atoms with Gasteiger partial charge in [-0.3, -0.25) is 14.8 Å². The summed E-state index contributed by atoms with van der Waals surface area (Å²) in [4.78, 5) is 23.6. The number of benzene rings is 2. The predicted octanol–water partition coefficient (Wildman–Crippen LogP) is 6.40. The van der Waals surface area contributed by atoms with Crippen LogP contribution in [0.15, 0.2) is 41.5 Å². The van der Waals surface area contributed by atoms with Crippen molar-refractivity contribution in [2.45, 2.75) is 44.0 Å². The number of halogens is 2. The number of carbonyl (C=O) groups is 1. The maximum atomic E-state index is 12.7. The average molecular weight is 598 g/mol. The lowest BCUT2D eigenvalue weighted by molar-refractivity contribution is -0.116. The number of amides is 1. The Kier molecular flexibility index (Phi) is 10.6. The molecule has 2 atom stereocenters. The quantitative estimate of drug-likeness (QED) is 0.232. The number of fused-ring (bicyclic) bond motifs is 1. The fourth-order valence-corrected chi connectivity index (χ4v) is 4.97. The lowest BCUT2D eigenvalue weighted by atomic mass is 10.1. The second kappa shape index (κ2) is 14.4. The molecule has 0 saturated heterocycles. The molecule has 9 nitrogen and oxygen atoms in total. The Morgan fingerprint density at radius 2 is 2.05 bits per heavy atom. The number of nitrogens with one attached hydrogen (secondary N) is 2. The molecule has 41 heavy (non-hydrogen) atoms. The van der Waals surface area contributed by atoms with Gasteiger partial charge >= 0.3 is 0 Å². The number of hydrogen-bond donors (Lipinski definition) is 2. The van der Waals surface area contributed by atoms with Gasteiger partial charge in [0.2, 0.25) is 5.91 Å². The number of aliphatic imine (C=N–C) groups is 1. The molecular formula is C30H34Cl2N6O3. The third kappa shape index (κ3) is 8.00. The molecule has 4 rings (SSSR count). The smallest absolute Gasteiger partial charge is 0.224 e. The Morgan fingerprint density at radius 3 is 2.76 bits per heavy atom. The van der Waals surface area contributed by atoms with Crippen LogP contribution >= 0.6 is 23.2 Å². The monoisotopic (exact) mass is 596 g/mol. The van der Waals surface area contributed by atoms with Crippen LogP contribution in [0.3, 0.4) is 0 Å². The second-order valence-corrected chi connectivity index (χ2v) is 11.0. The third-order valence-corrected chi connectivity index (χ3v) is 7.37. The van der Waals surface area contributed by atoms with Crippen molar-refractivity contribution < 1.29 is 14.3 Å². The van der Waals surface area contributed by atoms with Gasteiger partial charge in [0.1, 0.15) is 24.2 Å². The molecule has 1 aromatic heterocycles. The second-order valence-electron chi connectivity index (χ2n) is 9.99. The fraction of sp³-hybridized carbons (Fsp3) is 0.400. The van der Waals surface area contributed by atoms with Gasteiger partial charge in [0.15, 0.2) is 0 Å². The van der Waals surface area contributed by atoms with E-state index in [0.717, 1.165) is 25.8 Å². The minimum absolute atomic E-state index is 0.0694. The van der Waals surface area contributed by atoms with Gasteiger partial charge in [-0.2, -0.15) is 5.26 Å². The average Bonchev–Trinajstić information content (AvgIpc) is 2.94. The van der Waals surface area contributed by atoms with Crippen molar-refractivity contribution in [3.8, 4) is 17.6 Å². The first kappa shape index (κ1) is 30.4. The molecule has 2 heterocycles. The van der Waals surface area contributed by atoms with Gasteiger partial charge in [0, 0.05) is 29.8 Å². The molecule has 0 aliphatic carbocycles. The number of carbonyl (C=O) groups excluding carboxylic acids is 1.